The Balaban J connectivity index is 2.37. The lowest BCUT2D eigenvalue weighted by molar-refractivity contribution is 0.109. The Bertz CT molecular complexity index is 250. The maximum absolute atomic E-state index is 10.3. The van der Waals surface area contributed by atoms with Gasteiger partial charge in [0.15, 0.2) is 6.29 Å². The van der Waals surface area contributed by atoms with E-state index >= 15 is 0 Å². The number of hydrogen-bond acceptors (Lipinski definition) is 3. The summed E-state index contributed by atoms with van der Waals surface area (Å²) in [5.41, 5.74) is 0.981. The molecule has 0 atom stereocenters. The first-order valence-electron chi connectivity index (χ1n) is 3.31. The van der Waals surface area contributed by atoms with Gasteiger partial charge in [-0.2, -0.15) is 0 Å². The van der Waals surface area contributed by atoms with Crippen LogP contribution in [0, 0.1) is 0 Å². The lowest BCUT2D eigenvalue weighted by atomic mass is 10.2. The zero-order chi connectivity index (χ0) is 6.97. The number of aromatic nitrogens is 1. The van der Waals surface area contributed by atoms with Crippen LogP contribution in [0.15, 0.2) is 10.7 Å². The predicted molar refractivity (Wildman–Crippen MR) is 33.9 cm³/mol. The van der Waals surface area contributed by atoms with Crippen molar-refractivity contribution in [2.24, 2.45) is 0 Å². The normalized spacial score (nSPS) is 17.2. The monoisotopic (exact) mass is 137 g/mol. The molecule has 1 saturated carbocycles. The molecule has 0 amide bonds. The van der Waals surface area contributed by atoms with E-state index in [9.17, 15) is 4.79 Å². The van der Waals surface area contributed by atoms with E-state index in [4.69, 9.17) is 4.52 Å². The molecule has 0 aromatic carbocycles. The number of hydrogen-bond donors (Lipinski definition) is 0. The second kappa shape index (κ2) is 1.94. The first-order chi connectivity index (χ1) is 4.92. The molecule has 0 saturated heterocycles. The van der Waals surface area contributed by atoms with E-state index < -0.39 is 0 Å². The predicted octanol–water partition coefficient (Wildman–Crippen LogP) is 1.36. The molecule has 1 aromatic rings. The van der Waals surface area contributed by atoms with Gasteiger partial charge in [0.2, 0.25) is 5.76 Å². The van der Waals surface area contributed by atoms with Crippen molar-refractivity contribution in [2.75, 3.05) is 0 Å². The molecule has 0 N–H and O–H groups in total. The van der Waals surface area contributed by atoms with Crippen molar-refractivity contribution in [2.45, 2.75) is 18.8 Å². The van der Waals surface area contributed by atoms with E-state index in [0.717, 1.165) is 11.8 Å². The lowest BCUT2D eigenvalue weighted by Gasteiger charge is -1.85. The highest BCUT2D eigenvalue weighted by molar-refractivity contribution is 5.73. The van der Waals surface area contributed by atoms with Gasteiger partial charge < -0.3 is 4.52 Å². The van der Waals surface area contributed by atoms with E-state index in [1.54, 1.807) is 6.20 Å². The van der Waals surface area contributed by atoms with E-state index in [1.165, 1.54) is 12.8 Å². The fourth-order valence-corrected chi connectivity index (χ4v) is 1.05. The van der Waals surface area contributed by atoms with Crippen LogP contribution in [0.2, 0.25) is 0 Å². The first-order valence-corrected chi connectivity index (χ1v) is 3.31. The SMILES string of the molecule is O=Cc1oncc1C1CC1. The van der Waals surface area contributed by atoms with Gasteiger partial charge in [-0.15, -0.1) is 0 Å². The van der Waals surface area contributed by atoms with Gasteiger partial charge in [-0.3, -0.25) is 4.79 Å². The van der Waals surface area contributed by atoms with E-state index in [0.29, 0.717) is 11.7 Å². The number of carbonyl (C=O) groups is 1. The van der Waals surface area contributed by atoms with Crippen molar-refractivity contribution in [1.29, 1.82) is 0 Å². The molecule has 3 nitrogen and oxygen atoms in total. The van der Waals surface area contributed by atoms with E-state index in [1.807, 2.05) is 0 Å². The van der Waals surface area contributed by atoms with Crippen LogP contribution in [0.25, 0.3) is 0 Å². The van der Waals surface area contributed by atoms with Gasteiger partial charge >= 0.3 is 0 Å². The molecule has 1 fully saturated rings. The lowest BCUT2D eigenvalue weighted by Crippen LogP contribution is -1.81. The molecule has 1 aromatic heterocycles. The Morgan fingerprint density at radius 2 is 2.50 bits per heavy atom. The molecule has 0 unspecified atom stereocenters. The zero-order valence-electron chi connectivity index (χ0n) is 5.41. The van der Waals surface area contributed by atoms with Crippen LogP contribution in [0.5, 0.6) is 0 Å². The fourth-order valence-electron chi connectivity index (χ4n) is 1.05. The van der Waals surface area contributed by atoms with Crippen molar-refractivity contribution in [3.63, 3.8) is 0 Å². The number of rotatable bonds is 2. The highest BCUT2D eigenvalue weighted by Crippen LogP contribution is 2.41. The molecule has 0 bridgehead atoms. The van der Waals surface area contributed by atoms with Gasteiger partial charge in [0, 0.05) is 5.56 Å². The maximum Gasteiger partial charge on any atom is 0.202 e. The molecular weight excluding hydrogens is 130 g/mol. The Kier molecular flexibility index (Phi) is 1.09. The molecule has 2 rings (SSSR count). The van der Waals surface area contributed by atoms with E-state index in [-0.39, 0.29) is 0 Å². The second-order valence-electron chi connectivity index (χ2n) is 2.54. The summed E-state index contributed by atoms with van der Waals surface area (Å²) in [5, 5.41) is 3.55. The largest absolute Gasteiger partial charge is 0.353 e. The summed E-state index contributed by atoms with van der Waals surface area (Å²) in [6, 6.07) is 0. The molecule has 1 aliphatic carbocycles. The molecule has 1 heterocycles. The summed E-state index contributed by atoms with van der Waals surface area (Å²) in [6.07, 6.45) is 4.70. The van der Waals surface area contributed by atoms with Crippen molar-refractivity contribution in [3.8, 4) is 0 Å². The minimum atomic E-state index is 0.405. The smallest absolute Gasteiger partial charge is 0.202 e. The van der Waals surface area contributed by atoms with Gasteiger partial charge in [0.1, 0.15) is 0 Å². The third kappa shape index (κ3) is 0.744. The molecular formula is C7H7NO2. The van der Waals surface area contributed by atoms with Crippen LogP contribution in [0.4, 0.5) is 0 Å². The molecule has 10 heavy (non-hydrogen) atoms. The summed E-state index contributed by atoms with van der Waals surface area (Å²) < 4.78 is 4.70. The minimum Gasteiger partial charge on any atom is -0.353 e. The summed E-state index contributed by atoms with van der Waals surface area (Å²) in [5.74, 6) is 0.953. The average molecular weight is 137 g/mol. The zero-order valence-corrected chi connectivity index (χ0v) is 5.41. The average Bonchev–Trinajstić information content (AvgIpc) is 2.69. The van der Waals surface area contributed by atoms with Crippen molar-refractivity contribution < 1.29 is 9.32 Å². The van der Waals surface area contributed by atoms with Crippen molar-refractivity contribution in [1.82, 2.24) is 5.16 Å². The summed E-state index contributed by atoms with van der Waals surface area (Å²) in [7, 11) is 0. The van der Waals surface area contributed by atoms with Crippen LogP contribution in [-0.4, -0.2) is 11.4 Å². The maximum atomic E-state index is 10.3. The molecule has 3 heteroatoms. The van der Waals surface area contributed by atoms with Crippen LogP contribution < -0.4 is 0 Å². The standard InChI is InChI=1S/C7H7NO2/c9-4-7-6(3-8-10-7)5-1-2-5/h3-5H,1-2H2. The third-order valence-electron chi connectivity index (χ3n) is 1.75. The topological polar surface area (TPSA) is 43.1 Å². The first kappa shape index (κ1) is 5.65. The molecule has 0 spiro atoms. The third-order valence-corrected chi connectivity index (χ3v) is 1.75. The molecule has 52 valence electrons. The quantitative estimate of drug-likeness (QED) is 0.578. The second-order valence-corrected chi connectivity index (χ2v) is 2.54. The minimum absolute atomic E-state index is 0.405. The molecule has 0 radical (unpaired) electrons. The summed E-state index contributed by atoms with van der Waals surface area (Å²) >= 11 is 0. The molecule has 0 aliphatic heterocycles. The molecule has 1 aliphatic rings. The fraction of sp³-hybridized carbons (Fsp3) is 0.429. The highest BCUT2D eigenvalue weighted by Gasteiger charge is 2.28. The van der Waals surface area contributed by atoms with E-state index in [2.05, 4.69) is 5.16 Å². The van der Waals surface area contributed by atoms with Crippen molar-refractivity contribution in [3.05, 3.63) is 17.5 Å². The number of aldehydes is 1. The van der Waals surface area contributed by atoms with Gasteiger partial charge in [0.25, 0.3) is 0 Å². The summed E-state index contributed by atoms with van der Waals surface area (Å²) in [6.45, 7) is 0. The van der Waals surface area contributed by atoms with Gasteiger partial charge in [-0.05, 0) is 18.8 Å². The van der Waals surface area contributed by atoms with Gasteiger partial charge in [-0.25, -0.2) is 0 Å². The Morgan fingerprint density at radius 1 is 1.70 bits per heavy atom. The van der Waals surface area contributed by atoms with Crippen molar-refractivity contribution >= 4 is 6.29 Å². The summed E-state index contributed by atoms with van der Waals surface area (Å²) in [4.78, 5) is 10.3. The number of nitrogens with zero attached hydrogens (tertiary/aromatic N) is 1. The Morgan fingerprint density at radius 3 is 3.10 bits per heavy atom. The van der Waals surface area contributed by atoms with Gasteiger partial charge in [-0.1, -0.05) is 5.16 Å². The van der Waals surface area contributed by atoms with Crippen LogP contribution in [0.1, 0.15) is 34.9 Å². The highest BCUT2D eigenvalue weighted by atomic mass is 16.5. The van der Waals surface area contributed by atoms with Gasteiger partial charge in [0.05, 0.1) is 6.20 Å². The Hall–Kier alpha value is -1.12. The van der Waals surface area contributed by atoms with Crippen LogP contribution in [0.3, 0.4) is 0 Å². The van der Waals surface area contributed by atoms with Crippen LogP contribution in [-0.2, 0) is 0 Å². The van der Waals surface area contributed by atoms with Crippen LogP contribution >= 0.6 is 0 Å². The Labute approximate surface area is 58.0 Å². The number of carbonyl (C=O) groups excluding carboxylic acids is 1.